The highest BCUT2D eigenvalue weighted by Crippen LogP contribution is 2.42. The summed E-state index contributed by atoms with van der Waals surface area (Å²) in [5, 5.41) is 6.23. The third kappa shape index (κ3) is 7.26. The number of nitrogens with one attached hydrogen (secondary N) is 1. The summed E-state index contributed by atoms with van der Waals surface area (Å²) in [7, 11) is 0. The van der Waals surface area contributed by atoms with Gasteiger partial charge in [-0.25, -0.2) is 15.0 Å². The Kier molecular flexibility index (Phi) is 10.1. The highest BCUT2D eigenvalue weighted by Gasteiger charge is 2.24. The number of amidine groups is 2. The van der Waals surface area contributed by atoms with Gasteiger partial charge in [0.25, 0.3) is 0 Å². The van der Waals surface area contributed by atoms with E-state index in [0.717, 1.165) is 74.9 Å². The van der Waals surface area contributed by atoms with Crippen molar-refractivity contribution in [3.8, 4) is 39.1 Å². The van der Waals surface area contributed by atoms with Gasteiger partial charge in [-0.2, -0.15) is 0 Å². The van der Waals surface area contributed by atoms with E-state index in [0.29, 0.717) is 5.92 Å². The lowest BCUT2D eigenvalue weighted by atomic mass is 9.91. The van der Waals surface area contributed by atoms with Gasteiger partial charge in [-0.15, -0.1) is 11.3 Å². The Morgan fingerprint density at radius 1 is 0.561 bits per heavy atom. The third-order valence-corrected chi connectivity index (χ3v) is 14.3. The van der Waals surface area contributed by atoms with E-state index in [2.05, 4.69) is 223 Å². The molecular weight excluding hydrogens is 823 g/mol. The molecule has 0 amide bonds. The van der Waals surface area contributed by atoms with Crippen LogP contribution < -0.4 is 5.32 Å². The zero-order chi connectivity index (χ0) is 44.0. The predicted molar refractivity (Wildman–Crippen MR) is 277 cm³/mol. The minimum atomic E-state index is -0.416. The van der Waals surface area contributed by atoms with E-state index in [1.54, 1.807) is 0 Å². The Bertz CT molecular complexity index is 3570. The van der Waals surface area contributed by atoms with Gasteiger partial charge >= 0.3 is 0 Å². The maximum atomic E-state index is 5.36. The molecule has 2 atom stereocenters. The van der Waals surface area contributed by atoms with Crippen molar-refractivity contribution in [2.75, 3.05) is 0 Å². The quantitative estimate of drug-likeness (QED) is 0.157. The van der Waals surface area contributed by atoms with Gasteiger partial charge < -0.3 is 5.32 Å². The van der Waals surface area contributed by atoms with Crippen molar-refractivity contribution in [3.63, 3.8) is 0 Å². The van der Waals surface area contributed by atoms with Crippen LogP contribution in [-0.2, 0) is 6.42 Å². The average molecular weight is 868 g/mol. The summed E-state index contributed by atoms with van der Waals surface area (Å²) in [6.07, 6.45) is 10.4. The van der Waals surface area contributed by atoms with Crippen LogP contribution in [0.15, 0.2) is 222 Å². The van der Waals surface area contributed by atoms with Gasteiger partial charge in [0.05, 0.1) is 11.0 Å². The van der Waals surface area contributed by atoms with E-state index in [1.165, 1.54) is 48.0 Å². The zero-order valence-corrected chi connectivity index (χ0v) is 37.3. The van der Waals surface area contributed by atoms with Crippen LogP contribution in [0.3, 0.4) is 0 Å². The van der Waals surface area contributed by atoms with E-state index in [9.17, 15) is 0 Å². The standard InChI is InChI=1S/C60H45N5S/c1-2-55-61-53-27-9-10-28-54(53)65(55)48-35-33-40(34-36-48)45-20-12-22-47(38-45)46-21-11-19-44(37-46)39-29-31-43(32-30-39)59-62-58(42-17-7-4-8-18-42)63-60(64-59)52-26-14-25-51-50-24-13-23-49(56(50)66-57(51)52)41-15-5-3-6-16-41/h3-15,17-38,41,59H,2,16H2,1H3,(H,62,63,64). The highest BCUT2D eigenvalue weighted by molar-refractivity contribution is 7.26. The Hall–Kier alpha value is -7.93. The number of fused-ring (bicyclic) bond motifs is 4. The van der Waals surface area contributed by atoms with Crippen LogP contribution in [0.4, 0.5) is 0 Å². The van der Waals surface area contributed by atoms with Crippen LogP contribution in [-0.4, -0.2) is 21.2 Å². The van der Waals surface area contributed by atoms with Gasteiger partial charge in [0.15, 0.2) is 6.17 Å². The van der Waals surface area contributed by atoms with Crippen LogP contribution in [0.25, 0.3) is 70.3 Å². The molecule has 0 bridgehead atoms. The SMILES string of the molecule is CCc1nc2ccccc2n1-c1ccc(-c2cccc(-c3cccc(-c4ccc(C5N=C(c6ccccc6)NC(c6cccc7c6sc6c(C8C=CC=CC8)cccc67)=N5)cc4)c3)c2)cc1. The lowest BCUT2D eigenvalue weighted by Gasteiger charge is -2.23. The Labute approximate surface area is 388 Å². The summed E-state index contributed by atoms with van der Waals surface area (Å²) >= 11 is 1.87. The molecule has 1 N–H and O–H groups in total. The second-order valence-electron chi connectivity index (χ2n) is 17.0. The number of para-hydroxylation sites is 2. The second kappa shape index (κ2) is 16.9. The molecule has 8 aromatic carbocycles. The first-order chi connectivity index (χ1) is 32.6. The number of aliphatic imine (C=N–C) groups is 2. The Morgan fingerprint density at radius 3 is 1.89 bits per heavy atom. The van der Waals surface area contributed by atoms with Crippen molar-refractivity contribution in [2.45, 2.75) is 31.8 Å². The number of rotatable bonds is 9. The second-order valence-corrected chi connectivity index (χ2v) is 18.0. The fourth-order valence-corrected chi connectivity index (χ4v) is 11.0. The van der Waals surface area contributed by atoms with Crippen molar-refractivity contribution in [2.24, 2.45) is 9.98 Å². The normalized spacial score (nSPS) is 15.8. The van der Waals surface area contributed by atoms with Crippen LogP contribution in [0.5, 0.6) is 0 Å². The summed E-state index contributed by atoms with van der Waals surface area (Å²) < 4.78 is 4.85. The van der Waals surface area contributed by atoms with Gasteiger partial charge in [0, 0.05) is 49.3 Å². The minimum absolute atomic E-state index is 0.373. The molecule has 2 aromatic heterocycles. The fourth-order valence-electron chi connectivity index (χ4n) is 9.62. The molecule has 3 heterocycles. The summed E-state index contributed by atoms with van der Waals surface area (Å²) in [6.45, 7) is 2.16. The van der Waals surface area contributed by atoms with Gasteiger partial charge in [0.1, 0.15) is 17.5 Å². The van der Waals surface area contributed by atoms with Gasteiger partial charge in [-0.3, -0.25) is 4.57 Å². The molecule has 10 aromatic rings. The molecule has 5 nitrogen and oxygen atoms in total. The van der Waals surface area contributed by atoms with E-state index in [-0.39, 0.29) is 0 Å². The number of nitrogens with zero attached hydrogens (tertiary/aromatic N) is 4. The summed E-state index contributed by atoms with van der Waals surface area (Å²) in [5.41, 5.74) is 14.8. The van der Waals surface area contributed by atoms with Gasteiger partial charge in [0.2, 0.25) is 0 Å². The summed E-state index contributed by atoms with van der Waals surface area (Å²) in [5.74, 6) is 3.09. The molecule has 0 spiro atoms. The molecule has 12 rings (SSSR count). The van der Waals surface area contributed by atoms with Crippen molar-refractivity contribution >= 4 is 54.2 Å². The molecule has 0 saturated carbocycles. The topological polar surface area (TPSA) is 54.6 Å². The van der Waals surface area contributed by atoms with Crippen LogP contribution in [0.2, 0.25) is 0 Å². The fraction of sp³-hybridized carbons (Fsp3) is 0.0833. The van der Waals surface area contributed by atoms with E-state index >= 15 is 0 Å². The largest absolute Gasteiger partial charge is 0.324 e. The smallest absolute Gasteiger partial charge is 0.169 e. The Balaban J connectivity index is 0.844. The molecule has 0 fully saturated rings. The summed E-state index contributed by atoms with van der Waals surface area (Å²) in [4.78, 5) is 15.5. The van der Waals surface area contributed by atoms with Crippen LogP contribution in [0.1, 0.15) is 53.5 Å². The molecule has 2 unspecified atom stereocenters. The first kappa shape index (κ1) is 39.6. The minimum Gasteiger partial charge on any atom is -0.324 e. The van der Waals surface area contributed by atoms with E-state index in [1.807, 2.05) is 17.4 Å². The van der Waals surface area contributed by atoms with E-state index in [4.69, 9.17) is 15.0 Å². The number of hydrogen-bond acceptors (Lipinski definition) is 5. The zero-order valence-electron chi connectivity index (χ0n) is 36.5. The van der Waals surface area contributed by atoms with E-state index < -0.39 is 6.17 Å². The molecule has 2 aliphatic rings. The first-order valence-electron chi connectivity index (χ1n) is 22.8. The maximum absolute atomic E-state index is 5.36. The highest BCUT2D eigenvalue weighted by atomic mass is 32.1. The number of imidazole rings is 1. The average Bonchev–Trinajstić information content (AvgIpc) is 3.98. The molecule has 0 radical (unpaired) electrons. The molecular formula is C60H45N5S. The monoisotopic (exact) mass is 867 g/mol. The molecule has 1 aliphatic heterocycles. The number of hydrogen-bond donors (Lipinski definition) is 1. The predicted octanol–water partition coefficient (Wildman–Crippen LogP) is 15.1. The number of thiophene rings is 1. The molecule has 66 heavy (non-hydrogen) atoms. The van der Waals surface area contributed by atoms with Crippen LogP contribution in [0, 0.1) is 0 Å². The molecule has 1 aliphatic carbocycles. The van der Waals surface area contributed by atoms with Gasteiger partial charge in [-0.1, -0.05) is 177 Å². The molecule has 6 heteroatoms. The van der Waals surface area contributed by atoms with Crippen molar-refractivity contribution in [1.82, 2.24) is 14.9 Å². The lowest BCUT2D eigenvalue weighted by Crippen LogP contribution is -2.36. The number of aryl methyl sites for hydroxylation is 1. The van der Waals surface area contributed by atoms with Crippen molar-refractivity contribution in [3.05, 3.63) is 240 Å². The third-order valence-electron chi connectivity index (χ3n) is 13.0. The molecule has 0 saturated heterocycles. The Morgan fingerprint density at radius 2 is 1.18 bits per heavy atom. The van der Waals surface area contributed by atoms with Crippen LogP contribution >= 0.6 is 11.3 Å². The van der Waals surface area contributed by atoms with Crippen molar-refractivity contribution < 1.29 is 0 Å². The molecule has 316 valence electrons. The number of aromatic nitrogens is 2. The van der Waals surface area contributed by atoms with Crippen molar-refractivity contribution in [1.29, 1.82) is 0 Å². The first-order valence-corrected chi connectivity index (χ1v) is 23.6. The maximum Gasteiger partial charge on any atom is 0.169 e. The number of allylic oxidation sites excluding steroid dienone is 4. The summed E-state index contributed by atoms with van der Waals surface area (Å²) in [6, 6.07) is 67.4. The van der Waals surface area contributed by atoms with Gasteiger partial charge in [-0.05, 0) is 93.4 Å². The lowest BCUT2D eigenvalue weighted by molar-refractivity contribution is 0.756. The number of benzene rings is 8.